The maximum atomic E-state index is 13.5. The molecule has 0 aromatic heterocycles. The van der Waals surface area contributed by atoms with Crippen LogP contribution >= 0.6 is 11.8 Å². The predicted molar refractivity (Wildman–Crippen MR) is 115 cm³/mol. The van der Waals surface area contributed by atoms with E-state index in [1.165, 1.54) is 24.3 Å². The van der Waals surface area contributed by atoms with Crippen molar-refractivity contribution in [2.24, 2.45) is 4.99 Å². The third-order valence-electron chi connectivity index (χ3n) is 3.99. The number of hydrogen-bond acceptors (Lipinski definition) is 7. The van der Waals surface area contributed by atoms with Gasteiger partial charge in [0.25, 0.3) is 0 Å². The van der Waals surface area contributed by atoms with Crippen molar-refractivity contribution in [3.05, 3.63) is 70.1 Å². The Morgan fingerprint density at radius 1 is 1.17 bits per heavy atom. The number of phenolic OH excluding ortho intramolecular Hbond substituents is 1. The summed E-state index contributed by atoms with van der Waals surface area (Å²) in [6, 6.07) is 10.3. The lowest BCUT2D eigenvalue weighted by Crippen LogP contribution is -2.12. The summed E-state index contributed by atoms with van der Waals surface area (Å²) in [5.41, 5.74) is 0.860. The fourth-order valence-corrected chi connectivity index (χ4v) is 3.73. The van der Waals surface area contributed by atoms with Crippen LogP contribution in [0.25, 0.3) is 6.08 Å². The van der Waals surface area contributed by atoms with Crippen molar-refractivity contribution in [2.45, 2.75) is 13.8 Å². The third kappa shape index (κ3) is 4.83. The SMILES string of the molecule is CCOC(=O)C1=C(O)/C(=C\c2ccc(O)c(OCC)c2)SC1=Nc1cccc(F)c1. The van der Waals surface area contributed by atoms with Crippen molar-refractivity contribution in [2.75, 3.05) is 13.2 Å². The van der Waals surface area contributed by atoms with Gasteiger partial charge in [-0.3, -0.25) is 0 Å². The van der Waals surface area contributed by atoms with Crippen molar-refractivity contribution in [1.82, 2.24) is 0 Å². The molecule has 0 fully saturated rings. The monoisotopic (exact) mass is 429 g/mol. The number of phenols is 1. The van der Waals surface area contributed by atoms with Crippen LogP contribution in [0.2, 0.25) is 0 Å². The number of carbonyl (C=O) groups excluding carboxylic acids is 1. The minimum Gasteiger partial charge on any atom is -0.506 e. The Balaban J connectivity index is 2.03. The number of nitrogens with zero attached hydrogens (tertiary/aromatic N) is 1. The van der Waals surface area contributed by atoms with Crippen LogP contribution in [-0.2, 0) is 9.53 Å². The molecule has 0 aliphatic carbocycles. The number of aliphatic hydroxyl groups excluding tert-OH is 1. The number of hydrogen-bond donors (Lipinski definition) is 2. The first-order valence-corrected chi connectivity index (χ1v) is 10.0. The van der Waals surface area contributed by atoms with Crippen molar-refractivity contribution in [1.29, 1.82) is 0 Å². The van der Waals surface area contributed by atoms with Gasteiger partial charge in [0, 0.05) is 0 Å². The Labute approximate surface area is 177 Å². The number of aliphatic hydroxyl groups is 1. The van der Waals surface area contributed by atoms with E-state index in [9.17, 15) is 19.4 Å². The van der Waals surface area contributed by atoms with E-state index in [0.29, 0.717) is 28.5 Å². The van der Waals surface area contributed by atoms with Crippen LogP contribution in [0.1, 0.15) is 19.4 Å². The van der Waals surface area contributed by atoms with Crippen LogP contribution in [-0.4, -0.2) is 34.4 Å². The summed E-state index contributed by atoms with van der Waals surface area (Å²) >= 11 is 1.06. The number of aliphatic imine (C=N–C) groups is 1. The number of thioether (sulfide) groups is 1. The lowest BCUT2D eigenvalue weighted by Gasteiger charge is -2.07. The summed E-state index contributed by atoms with van der Waals surface area (Å²) in [7, 11) is 0. The molecule has 0 atom stereocenters. The van der Waals surface area contributed by atoms with Crippen LogP contribution in [0.5, 0.6) is 11.5 Å². The summed E-state index contributed by atoms with van der Waals surface area (Å²) in [5.74, 6) is -1.16. The molecule has 1 aliphatic rings. The molecule has 2 aromatic rings. The molecule has 2 N–H and O–H groups in total. The molecule has 3 rings (SSSR count). The second kappa shape index (κ2) is 9.49. The highest BCUT2D eigenvalue weighted by molar-refractivity contribution is 8.18. The summed E-state index contributed by atoms with van der Waals surface area (Å²) in [4.78, 5) is 17.1. The minimum absolute atomic E-state index is 0.00147. The number of benzene rings is 2. The minimum atomic E-state index is -0.721. The fraction of sp³-hybridized carbons (Fsp3) is 0.182. The molecule has 0 bridgehead atoms. The van der Waals surface area contributed by atoms with Gasteiger partial charge in [-0.1, -0.05) is 23.9 Å². The van der Waals surface area contributed by atoms with E-state index in [2.05, 4.69) is 4.99 Å². The number of ether oxygens (including phenoxy) is 2. The van der Waals surface area contributed by atoms with E-state index in [0.717, 1.165) is 11.8 Å². The number of halogens is 1. The van der Waals surface area contributed by atoms with E-state index in [1.807, 2.05) is 0 Å². The molecule has 8 heteroatoms. The van der Waals surface area contributed by atoms with Crippen molar-refractivity contribution >= 4 is 34.5 Å². The first-order chi connectivity index (χ1) is 14.4. The first-order valence-electron chi connectivity index (χ1n) is 9.23. The van der Waals surface area contributed by atoms with Crippen LogP contribution in [0, 0.1) is 5.82 Å². The number of carbonyl (C=O) groups is 1. The zero-order valence-corrected chi connectivity index (χ0v) is 17.2. The van der Waals surface area contributed by atoms with Gasteiger partial charge in [-0.05, 0) is 55.8 Å². The molecule has 156 valence electrons. The molecule has 0 unspecified atom stereocenters. The highest BCUT2D eigenvalue weighted by atomic mass is 32.2. The largest absolute Gasteiger partial charge is 0.506 e. The normalized spacial score (nSPS) is 16.4. The van der Waals surface area contributed by atoms with E-state index in [-0.39, 0.29) is 28.7 Å². The third-order valence-corrected chi connectivity index (χ3v) is 5.01. The summed E-state index contributed by atoms with van der Waals surface area (Å²) in [6.07, 6.45) is 1.63. The Bertz CT molecular complexity index is 1060. The topological polar surface area (TPSA) is 88.4 Å². The molecule has 0 saturated heterocycles. The van der Waals surface area contributed by atoms with Gasteiger partial charge in [0.1, 0.15) is 22.2 Å². The summed E-state index contributed by atoms with van der Waals surface area (Å²) < 4.78 is 23.9. The smallest absolute Gasteiger partial charge is 0.344 e. The number of esters is 1. The van der Waals surface area contributed by atoms with Gasteiger partial charge in [-0.15, -0.1) is 0 Å². The summed E-state index contributed by atoms with van der Waals surface area (Å²) in [6.45, 7) is 3.96. The highest BCUT2D eigenvalue weighted by Crippen LogP contribution is 2.41. The average molecular weight is 429 g/mol. The van der Waals surface area contributed by atoms with Gasteiger partial charge in [0.05, 0.1) is 23.8 Å². The van der Waals surface area contributed by atoms with Gasteiger partial charge < -0.3 is 19.7 Å². The Kier molecular flexibility index (Phi) is 6.79. The van der Waals surface area contributed by atoms with E-state index in [4.69, 9.17) is 9.47 Å². The van der Waals surface area contributed by atoms with Crippen molar-refractivity contribution < 1.29 is 28.9 Å². The molecular formula is C22H20FNO5S. The Hall–Kier alpha value is -3.26. The molecule has 1 aliphatic heterocycles. The number of aromatic hydroxyl groups is 1. The van der Waals surface area contributed by atoms with Crippen LogP contribution in [0.4, 0.5) is 10.1 Å². The molecule has 1 heterocycles. The molecule has 30 heavy (non-hydrogen) atoms. The van der Waals surface area contributed by atoms with Gasteiger partial charge in [0.2, 0.25) is 0 Å². The molecule has 0 spiro atoms. The molecule has 0 radical (unpaired) electrons. The van der Waals surface area contributed by atoms with Crippen LogP contribution in [0.3, 0.4) is 0 Å². The van der Waals surface area contributed by atoms with E-state index in [1.54, 1.807) is 38.1 Å². The molecular weight excluding hydrogens is 409 g/mol. The second-order valence-electron chi connectivity index (χ2n) is 6.11. The van der Waals surface area contributed by atoms with Crippen LogP contribution < -0.4 is 4.74 Å². The Morgan fingerprint density at radius 3 is 2.67 bits per heavy atom. The van der Waals surface area contributed by atoms with Crippen molar-refractivity contribution in [3.63, 3.8) is 0 Å². The standard InChI is InChI=1S/C22H20FNO5S/c1-3-28-17-10-13(8-9-16(17)25)11-18-20(26)19(22(27)29-4-2)21(30-18)24-15-7-5-6-14(23)12-15/h5-12,25-26H,3-4H2,1-2H3/b18-11+,24-21?. The zero-order valence-electron chi connectivity index (χ0n) is 16.4. The van der Waals surface area contributed by atoms with E-state index < -0.39 is 11.8 Å². The summed E-state index contributed by atoms with van der Waals surface area (Å²) in [5, 5.41) is 20.8. The maximum Gasteiger partial charge on any atom is 0.344 e. The molecule has 2 aromatic carbocycles. The predicted octanol–water partition coefficient (Wildman–Crippen LogP) is 5.12. The first kappa shape index (κ1) is 21.4. The maximum absolute atomic E-state index is 13.5. The average Bonchev–Trinajstić information content (AvgIpc) is 2.99. The quantitative estimate of drug-likeness (QED) is 0.620. The van der Waals surface area contributed by atoms with Gasteiger partial charge in [0.15, 0.2) is 11.5 Å². The zero-order chi connectivity index (χ0) is 21.7. The lowest BCUT2D eigenvalue weighted by molar-refractivity contribution is -0.138. The Morgan fingerprint density at radius 2 is 1.97 bits per heavy atom. The van der Waals surface area contributed by atoms with Gasteiger partial charge >= 0.3 is 5.97 Å². The van der Waals surface area contributed by atoms with Crippen LogP contribution in [0.15, 0.2) is 63.7 Å². The van der Waals surface area contributed by atoms with Gasteiger partial charge in [-0.25, -0.2) is 14.2 Å². The molecule has 6 nitrogen and oxygen atoms in total. The highest BCUT2D eigenvalue weighted by Gasteiger charge is 2.33. The second-order valence-corrected chi connectivity index (χ2v) is 7.14. The van der Waals surface area contributed by atoms with E-state index >= 15 is 0 Å². The molecule has 0 amide bonds. The lowest BCUT2D eigenvalue weighted by atomic mass is 10.1. The number of rotatable bonds is 6. The fourth-order valence-electron chi connectivity index (χ4n) is 2.70. The molecule has 0 saturated carbocycles. The van der Waals surface area contributed by atoms with Gasteiger partial charge in [-0.2, -0.15) is 0 Å². The van der Waals surface area contributed by atoms with Crippen molar-refractivity contribution in [3.8, 4) is 11.5 Å².